The molecule has 3 aromatic rings. The van der Waals surface area contributed by atoms with E-state index in [2.05, 4.69) is 0 Å². The first-order chi connectivity index (χ1) is 15.3. The summed E-state index contributed by atoms with van der Waals surface area (Å²) in [6, 6.07) is 13.3. The lowest BCUT2D eigenvalue weighted by molar-refractivity contribution is 0.296. The minimum atomic E-state index is -0.312. The van der Waals surface area contributed by atoms with Crippen LogP contribution in [0.25, 0.3) is 22.3 Å². The molecule has 3 rings (SSSR count). The number of aromatic hydroxyl groups is 3. The predicted molar refractivity (Wildman–Crippen MR) is 125 cm³/mol. The van der Waals surface area contributed by atoms with Crippen molar-refractivity contribution in [1.29, 1.82) is 0 Å². The molecule has 168 valence electrons. The Morgan fingerprint density at radius 3 is 2.12 bits per heavy atom. The average molecular weight is 437 g/mol. The Bertz CT molecular complexity index is 1110. The Hall–Kier alpha value is -3.80. The first-order valence-corrected chi connectivity index (χ1v) is 10.3. The molecule has 6 nitrogen and oxygen atoms in total. The molecule has 0 aliphatic rings. The normalized spacial score (nSPS) is 10.5. The van der Waals surface area contributed by atoms with Gasteiger partial charge >= 0.3 is 0 Å². The molecule has 0 aromatic heterocycles. The topological polar surface area (TPSA) is 88.4 Å². The van der Waals surface area contributed by atoms with E-state index in [4.69, 9.17) is 14.2 Å². The second-order valence-corrected chi connectivity index (χ2v) is 7.43. The van der Waals surface area contributed by atoms with E-state index < -0.39 is 0 Å². The quantitative estimate of drug-likeness (QED) is 0.301. The molecule has 0 heterocycles. The predicted octanol–water partition coefficient (Wildman–Crippen LogP) is 5.89. The highest BCUT2D eigenvalue weighted by Gasteiger charge is 2.21. The largest absolute Gasteiger partial charge is 0.508 e. The fourth-order valence-corrected chi connectivity index (χ4v) is 3.28. The van der Waals surface area contributed by atoms with Crippen molar-refractivity contribution in [2.24, 2.45) is 0 Å². The van der Waals surface area contributed by atoms with Crippen LogP contribution in [-0.2, 0) is 0 Å². The van der Waals surface area contributed by atoms with Gasteiger partial charge in [0.2, 0.25) is 0 Å². The van der Waals surface area contributed by atoms with Crippen molar-refractivity contribution in [1.82, 2.24) is 0 Å². The number of methoxy groups -OCH3 is 1. The summed E-state index contributed by atoms with van der Waals surface area (Å²) in [4.78, 5) is 0. The van der Waals surface area contributed by atoms with Crippen LogP contribution in [0.15, 0.2) is 60.2 Å². The van der Waals surface area contributed by atoms with Gasteiger partial charge in [-0.2, -0.15) is 0 Å². The van der Waals surface area contributed by atoms with Crippen LogP contribution in [0, 0.1) is 0 Å². The molecule has 32 heavy (non-hydrogen) atoms. The van der Waals surface area contributed by atoms with Crippen molar-refractivity contribution in [3.63, 3.8) is 0 Å². The molecule has 3 N–H and O–H groups in total. The Labute approximate surface area is 187 Å². The van der Waals surface area contributed by atoms with Crippen LogP contribution in [0.1, 0.15) is 20.8 Å². The molecule has 6 heteroatoms. The van der Waals surface area contributed by atoms with Gasteiger partial charge in [-0.15, -0.1) is 0 Å². The van der Waals surface area contributed by atoms with Crippen LogP contribution < -0.4 is 14.2 Å². The molecule has 0 aliphatic heterocycles. The molecule has 0 spiro atoms. The number of rotatable bonds is 8. The highest BCUT2D eigenvalue weighted by molar-refractivity contribution is 5.87. The summed E-state index contributed by atoms with van der Waals surface area (Å²) >= 11 is 0. The zero-order valence-corrected chi connectivity index (χ0v) is 18.7. The Morgan fingerprint density at radius 2 is 1.50 bits per heavy atom. The van der Waals surface area contributed by atoms with Crippen LogP contribution in [0.3, 0.4) is 0 Å². The summed E-state index contributed by atoms with van der Waals surface area (Å²) < 4.78 is 17.1. The second-order valence-electron chi connectivity index (χ2n) is 7.43. The molecule has 0 amide bonds. The van der Waals surface area contributed by atoms with Crippen molar-refractivity contribution in [3.8, 4) is 56.8 Å². The second kappa shape index (κ2) is 10.0. The van der Waals surface area contributed by atoms with Crippen molar-refractivity contribution in [2.45, 2.75) is 20.8 Å². The minimum Gasteiger partial charge on any atom is -0.508 e. The number of ether oxygens (including phenoxy) is 3. The molecule has 0 saturated carbocycles. The van der Waals surface area contributed by atoms with E-state index in [1.54, 1.807) is 36.4 Å². The number of allylic oxidation sites excluding steroid dienone is 1. The summed E-state index contributed by atoms with van der Waals surface area (Å²) in [5, 5.41) is 31.2. The lowest BCUT2D eigenvalue weighted by atomic mass is 9.96. The molecule has 0 fully saturated rings. The van der Waals surface area contributed by atoms with Gasteiger partial charge in [-0.05, 0) is 68.3 Å². The Kier molecular flexibility index (Phi) is 7.15. The highest BCUT2D eigenvalue weighted by Crippen LogP contribution is 2.50. The number of benzene rings is 3. The van der Waals surface area contributed by atoms with Crippen LogP contribution in [-0.4, -0.2) is 35.6 Å². The molecule has 0 aliphatic carbocycles. The van der Waals surface area contributed by atoms with Gasteiger partial charge < -0.3 is 29.5 Å². The van der Waals surface area contributed by atoms with Crippen LogP contribution in [0.2, 0.25) is 0 Å². The standard InChI is InChI=1S/C26H28O6/c1-5-31-22-14-18(8-11-21(22)32-13-12-16(2)3)24-23(30-4)15-20(25(28)26(24)29)17-6-9-19(27)10-7-17/h6-12,14-15,27-29H,5,13H2,1-4H3. The molecule has 0 atom stereocenters. The number of phenolic OH excluding ortho intramolecular Hbond substituents is 3. The third-order valence-electron chi connectivity index (χ3n) is 4.90. The van der Waals surface area contributed by atoms with E-state index in [1.165, 1.54) is 19.2 Å². The first kappa shape index (κ1) is 22.9. The van der Waals surface area contributed by atoms with Crippen LogP contribution in [0.5, 0.6) is 34.5 Å². The van der Waals surface area contributed by atoms with Crippen molar-refractivity contribution in [2.75, 3.05) is 20.3 Å². The van der Waals surface area contributed by atoms with Crippen molar-refractivity contribution >= 4 is 0 Å². The molecular weight excluding hydrogens is 408 g/mol. The molecular formula is C26H28O6. The van der Waals surface area contributed by atoms with Gasteiger partial charge in [0.1, 0.15) is 18.1 Å². The Morgan fingerprint density at radius 1 is 0.812 bits per heavy atom. The van der Waals surface area contributed by atoms with E-state index >= 15 is 0 Å². The fourth-order valence-electron chi connectivity index (χ4n) is 3.28. The van der Waals surface area contributed by atoms with Gasteiger partial charge in [0.15, 0.2) is 23.0 Å². The van der Waals surface area contributed by atoms with E-state index in [1.807, 2.05) is 26.8 Å². The lowest BCUT2D eigenvalue weighted by Crippen LogP contribution is -2.00. The summed E-state index contributed by atoms with van der Waals surface area (Å²) in [7, 11) is 1.50. The van der Waals surface area contributed by atoms with Gasteiger partial charge in [-0.3, -0.25) is 0 Å². The third-order valence-corrected chi connectivity index (χ3v) is 4.90. The van der Waals surface area contributed by atoms with Crippen molar-refractivity contribution in [3.05, 3.63) is 60.2 Å². The van der Waals surface area contributed by atoms with Crippen LogP contribution in [0.4, 0.5) is 0 Å². The van der Waals surface area contributed by atoms with Gasteiger partial charge in [0.05, 0.1) is 19.3 Å². The Balaban J connectivity index is 2.08. The van der Waals surface area contributed by atoms with Gasteiger partial charge in [-0.1, -0.05) is 23.8 Å². The first-order valence-electron chi connectivity index (χ1n) is 10.3. The van der Waals surface area contributed by atoms with Gasteiger partial charge in [0.25, 0.3) is 0 Å². The lowest BCUT2D eigenvalue weighted by Gasteiger charge is -2.17. The zero-order chi connectivity index (χ0) is 23.3. The van der Waals surface area contributed by atoms with Gasteiger partial charge in [0, 0.05) is 5.56 Å². The monoisotopic (exact) mass is 436 g/mol. The van der Waals surface area contributed by atoms with Crippen molar-refractivity contribution < 1.29 is 29.5 Å². The summed E-state index contributed by atoms with van der Waals surface area (Å²) in [6.45, 7) is 6.73. The SMILES string of the molecule is CCOc1cc(-c2c(OC)cc(-c3ccc(O)cc3)c(O)c2O)ccc1OCC=C(C)C. The average Bonchev–Trinajstić information content (AvgIpc) is 2.77. The van der Waals surface area contributed by atoms with E-state index in [-0.39, 0.29) is 17.2 Å². The summed E-state index contributed by atoms with van der Waals surface area (Å²) in [5.74, 6) is 0.994. The maximum Gasteiger partial charge on any atom is 0.169 e. The van der Waals surface area contributed by atoms with E-state index in [9.17, 15) is 15.3 Å². The highest BCUT2D eigenvalue weighted by atomic mass is 16.5. The maximum absolute atomic E-state index is 10.9. The molecule has 0 radical (unpaired) electrons. The zero-order valence-electron chi connectivity index (χ0n) is 18.7. The number of phenols is 3. The fraction of sp³-hybridized carbons (Fsp3) is 0.231. The van der Waals surface area contributed by atoms with Gasteiger partial charge in [-0.25, -0.2) is 0 Å². The molecule has 0 saturated heterocycles. The minimum absolute atomic E-state index is 0.108. The molecule has 0 bridgehead atoms. The number of hydrogen-bond acceptors (Lipinski definition) is 6. The smallest absolute Gasteiger partial charge is 0.169 e. The third kappa shape index (κ3) is 4.91. The molecule has 3 aromatic carbocycles. The number of hydrogen-bond donors (Lipinski definition) is 3. The summed E-state index contributed by atoms with van der Waals surface area (Å²) in [5.41, 5.74) is 3.10. The maximum atomic E-state index is 10.9. The summed E-state index contributed by atoms with van der Waals surface area (Å²) in [6.07, 6.45) is 1.97. The molecule has 0 unspecified atom stereocenters. The van der Waals surface area contributed by atoms with E-state index in [0.717, 1.165) is 5.57 Å². The van der Waals surface area contributed by atoms with Crippen LogP contribution >= 0.6 is 0 Å². The van der Waals surface area contributed by atoms with E-state index in [0.29, 0.717) is 52.7 Å².